The summed E-state index contributed by atoms with van der Waals surface area (Å²) < 4.78 is 37.8. The van der Waals surface area contributed by atoms with Crippen LogP contribution in [0.15, 0.2) is 41.3 Å². The third-order valence-electron chi connectivity index (χ3n) is 5.27. The van der Waals surface area contributed by atoms with Gasteiger partial charge in [0.05, 0.1) is 19.1 Å². The Morgan fingerprint density at radius 1 is 0.862 bits per heavy atom. The van der Waals surface area contributed by atoms with Crippen LogP contribution in [0, 0.1) is 13.8 Å². The molecule has 1 fully saturated rings. The Kier molecular flexibility index (Phi) is 6.14. The minimum Gasteiger partial charge on any atom is -0.493 e. The molecule has 0 aliphatic carbocycles. The van der Waals surface area contributed by atoms with Gasteiger partial charge in [0.25, 0.3) is 5.91 Å². The van der Waals surface area contributed by atoms with Crippen LogP contribution in [0.4, 0.5) is 0 Å². The number of carbonyl (C=O) groups is 1. The number of ether oxygens (including phenoxy) is 2. The van der Waals surface area contributed by atoms with Crippen LogP contribution in [0.2, 0.25) is 0 Å². The van der Waals surface area contributed by atoms with Gasteiger partial charge in [-0.1, -0.05) is 6.07 Å². The summed E-state index contributed by atoms with van der Waals surface area (Å²) in [5, 5.41) is 0. The van der Waals surface area contributed by atoms with E-state index in [2.05, 4.69) is 0 Å². The van der Waals surface area contributed by atoms with Crippen molar-refractivity contribution in [1.82, 2.24) is 9.21 Å². The smallest absolute Gasteiger partial charge is 0.254 e. The standard InChI is InChI=1S/C21H26N2O5S/c1-15-5-7-18(13-16(15)2)29(25,26)23-11-9-22(10-12-23)21(24)17-6-8-19(27-3)20(14-17)28-4/h5-8,13-14H,9-12H2,1-4H3. The van der Waals surface area contributed by atoms with Crippen molar-refractivity contribution >= 4 is 15.9 Å². The number of methoxy groups -OCH3 is 2. The highest BCUT2D eigenvalue weighted by molar-refractivity contribution is 7.89. The van der Waals surface area contributed by atoms with Crippen molar-refractivity contribution in [2.24, 2.45) is 0 Å². The van der Waals surface area contributed by atoms with Crippen LogP contribution in [0.5, 0.6) is 11.5 Å². The number of nitrogens with zero attached hydrogens (tertiary/aromatic N) is 2. The summed E-state index contributed by atoms with van der Waals surface area (Å²) in [5.74, 6) is 0.872. The van der Waals surface area contributed by atoms with Crippen LogP contribution < -0.4 is 9.47 Å². The van der Waals surface area contributed by atoms with Crippen LogP contribution >= 0.6 is 0 Å². The number of hydrogen-bond donors (Lipinski definition) is 0. The summed E-state index contributed by atoms with van der Waals surface area (Å²) in [6.45, 7) is 5.02. The first kappa shape index (κ1) is 21.1. The van der Waals surface area contributed by atoms with Gasteiger partial charge in [-0.3, -0.25) is 4.79 Å². The quantitative estimate of drug-likeness (QED) is 0.746. The van der Waals surface area contributed by atoms with Gasteiger partial charge in [-0.05, 0) is 55.3 Å². The highest BCUT2D eigenvalue weighted by Gasteiger charge is 2.30. The number of hydrogen-bond acceptors (Lipinski definition) is 5. The third kappa shape index (κ3) is 4.23. The molecule has 0 radical (unpaired) electrons. The zero-order chi connectivity index (χ0) is 21.2. The summed E-state index contributed by atoms with van der Waals surface area (Å²) in [6, 6.07) is 10.2. The van der Waals surface area contributed by atoms with Gasteiger partial charge in [0, 0.05) is 31.7 Å². The van der Waals surface area contributed by atoms with E-state index in [4.69, 9.17) is 9.47 Å². The summed E-state index contributed by atoms with van der Waals surface area (Å²) in [6.07, 6.45) is 0. The lowest BCUT2D eigenvalue weighted by Gasteiger charge is -2.34. The molecule has 1 amide bonds. The van der Waals surface area contributed by atoms with Crippen molar-refractivity contribution in [1.29, 1.82) is 0 Å². The predicted octanol–water partition coefficient (Wildman–Crippen LogP) is 2.47. The predicted molar refractivity (Wildman–Crippen MR) is 110 cm³/mol. The number of piperazine rings is 1. The zero-order valence-electron chi connectivity index (χ0n) is 17.1. The second-order valence-corrected chi connectivity index (χ2v) is 8.95. The van der Waals surface area contributed by atoms with Gasteiger partial charge in [0.15, 0.2) is 11.5 Å². The molecule has 8 heteroatoms. The Balaban J connectivity index is 1.71. The number of carbonyl (C=O) groups excluding carboxylic acids is 1. The first-order valence-corrected chi connectivity index (χ1v) is 10.8. The average molecular weight is 419 g/mol. The van der Waals surface area contributed by atoms with E-state index in [1.54, 1.807) is 35.2 Å². The van der Waals surface area contributed by atoms with E-state index in [0.717, 1.165) is 11.1 Å². The Hall–Kier alpha value is -2.58. The zero-order valence-corrected chi connectivity index (χ0v) is 18.0. The molecular formula is C21H26N2O5S. The van der Waals surface area contributed by atoms with E-state index in [9.17, 15) is 13.2 Å². The van der Waals surface area contributed by atoms with E-state index in [0.29, 0.717) is 35.0 Å². The van der Waals surface area contributed by atoms with Crippen LogP contribution in [-0.4, -0.2) is 63.9 Å². The van der Waals surface area contributed by atoms with Gasteiger partial charge in [0.2, 0.25) is 10.0 Å². The molecule has 0 saturated carbocycles. The maximum atomic E-state index is 12.9. The number of sulfonamides is 1. The fourth-order valence-electron chi connectivity index (χ4n) is 3.31. The molecule has 0 spiro atoms. The van der Waals surface area contributed by atoms with Crippen molar-refractivity contribution in [3.63, 3.8) is 0 Å². The molecule has 0 unspecified atom stereocenters. The molecule has 1 saturated heterocycles. The summed E-state index contributed by atoms with van der Waals surface area (Å²) in [7, 11) is -0.523. The first-order chi connectivity index (χ1) is 13.8. The van der Waals surface area contributed by atoms with Gasteiger partial charge in [-0.25, -0.2) is 8.42 Å². The maximum absolute atomic E-state index is 12.9. The van der Waals surface area contributed by atoms with Gasteiger partial charge in [-0.15, -0.1) is 0 Å². The Morgan fingerprint density at radius 3 is 2.10 bits per heavy atom. The van der Waals surface area contributed by atoms with E-state index in [1.807, 2.05) is 19.9 Å². The molecule has 2 aromatic carbocycles. The second-order valence-electron chi connectivity index (χ2n) is 7.01. The average Bonchev–Trinajstić information content (AvgIpc) is 2.74. The van der Waals surface area contributed by atoms with E-state index < -0.39 is 10.0 Å². The monoisotopic (exact) mass is 418 g/mol. The molecule has 1 heterocycles. The van der Waals surface area contributed by atoms with Crippen molar-refractivity contribution in [2.45, 2.75) is 18.7 Å². The molecule has 0 bridgehead atoms. The van der Waals surface area contributed by atoms with Gasteiger partial charge >= 0.3 is 0 Å². The second kappa shape index (κ2) is 8.42. The molecule has 0 atom stereocenters. The van der Waals surface area contributed by atoms with E-state index in [1.165, 1.54) is 18.5 Å². The third-order valence-corrected chi connectivity index (χ3v) is 7.17. The van der Waals surface area contributed by atoms with Crippen LogP contribution in [0.3, 0.4) is 0 Å². The summed E-state index contributed by atoms with van der Waals surface area (Å²) >= 11 is 0. The molecule has 1 aliphatic heterocycles. The fourth-order valence-corrected chi connectivity index (χ4v) is 4.81. The normalized spacial score (nSPS) is 15.2. The lowest BCUT2D eigenvalue weighted by molar-refractivity contribution is 0.0697. The van der Waals surface area contributed by atoms with Crippen molar-refractivity contribution < 1.29 is 22.7 Å². The topological polar surface area (TPSA) is 76.2 Å². The molecular weight excluding hydrogens is 392 g/mol. The molecule has 0 aromatic heterocycles. The van der Waals surface area contributed by atoms with Gasteiger partial charge < -0.3 is 14.4 Å². The lowest BCUT2D eigenvalue weighted by atomic mass is 10.1. The molecule has 7 nitrogen and oxygen atoms in total. The molecule has 2 aromatic rings. The van der Waals surface area contributed by atoms with Crippen LogP contribution in [-0.2, 0) is 10.0 Å². The summed E-state index contributed by atoms with van der Waals surface area (Å²) in [4.78, 5) is 14.8. The molecule has 156 valence electrons. The number of aryl methyl sites for hydroxylation is 2. The van der Waals surface area contributed by atoms with E-state index in [-0.39, 0.29) is 19.0 Å². The molecule has 0 N–H and O–H groups in total. The highest BCUT2D eigenvalue weighted by atomic mass is 32.2. The lowest BCUT2D eigenvalue weighted by Crippen LogP contribution is -2.50. The highest BCUT2D eigenvalue weighted by Crippen LogP contribution is 2.28. The van der Waals surface area contributed by atoms with Crippen molar-refractivity contribution in [2.75, 3.05) is 40.4 Å². The minimum absolute atomic E-state index is 0.158. The van der Waals surface area contributed by atoms with Gasteiger partial charge in [0.1, 0.15) is 0 Å². The number of benzene rings is 2. The van der Waals surface area contributed by atoms with E-state index >= 15 is 0 Å². The maximum Gasteiger partial charge on any atom is 0.254 e. The molecule has 29 heavy (non-hydrogen) atoms. The SMILES string of the molecule is COc1ccc(C(=O)N2CCN(S(=O)(=O)c3ccc(C)c(C)c3)CC2)cc1OC. The Labute approximate surface area is 171 Å². The molecule has 1 aliphatic rings. The van der Waals surface area contributed by atoms with Crippen LogP contribution in [0.1, 0.15) is 21.5 Å². The van der Waals surface area contributed by atoms with Crippen molar-refractivity contribution in [3.8, 4) is 11.5 Å². The Bertz CT molecular complexity index is 1010. The Morgan fingerprint density at radius 2 is 1.52 bits per heavy atom. The number of amides is 1. The summed E-state index contributed by atoms with van der Waals surface area (Å²) in [5.41, 5.74) is 2.47. The number of rotatable bonds is 5. The minimum atomic E-state index is -3.58. The largest absolute Gasteiger partial charge is 0.493 e. The van der Waals surface area contributed by atoms with Gasteiger partial charge in [-0.2, -0.15) is 4.31 Å². The first-order valence-electron chi connectivity index (χ1n) is 9.36. The van der Waals surface area contributed by atoms with Crippen molar-refractivity contribution in [3.05, 3.63) is 53.1 Å². The van der Waals surface area contributed by atoms with Crippen LogP contribution in [0.25, 0.3) is 0 Å². The molecule has 3 rings (SSSR count). The fraction of sp³-hybridized carbons (Fsp3) is 0.381.